The van der Waals surface area contributed by atoms with Gasteiger partial charge in [0.25, 0.3) is 5.91 Å². The Bertz CT molecular complexity index is 1570. The number of fused-ring (bicyclic) bond motifs is 3. The third kappa shape index (κ3) is 4.06. The number of carbonyl (C=O) groups excluding carboxylic acids is 1. The quantitative estimate of drug-likeness (QED) is 0.380. The lowest BCUT2D eigenvalue weighted by molar-refractivity contribution is 0.0955. The first kappa shape index (κ1) is 24.3. The van der Waals surface area contributed by atoms with Gasteiger partial charge in [-0.05, 0) is 36.4 Å². The number of nitrogens with one attached hydrogen (secondary N) is 1. The number of nitrogens with two attached hydrogens (primary N) is 1. The number of pyridine rings is 1. The monoisotopic (exact) mass is 532 g/mol. The van der Waals surface area contributed by atoms with E-state index in [-0.39, 0.29) is 12.7 Å². The molecule has 2 aliphatic heterocycles. The van der Waals surface area contributed by atoms with E-state index >= 15 is 0 Å². The number of hydrogen-bond acceptors (Lipinski definition) is 9. The smallest absolute Gasteiger partial charge is 0.263 e. The number of thiophene rings is 1. The van der Waals surface area contributed by atoms with E-state index in [1.54, 1.807) is 14.2 Å². The van der Waals surface area contributed by atoms with Crippen molar-refractivity contribution in [3.8, 4) is 34.1 Å². The van der Waals surface area contributed by atoms with Crippen LogP contribution in [0.4, 0.5) is 5.69 Å². The minimum atomic E-state index is -0.248. The first-order valence-electron chi connectivity index (χ1n) is 12.3. The van der Waals surface area contributed by atoms with Gasteiger partial charge in [0.15, 0.2) is 23.0 Å². The predicted octanol–water partition coefficient (Wildman–Crippen LogP) is 4.21. The first-order valence-corrected chi connectivity index (χ1v) is 13.1. The van der Waals surface area contributed by atoms with Gasteiger partial charge in [-0.15, -0.1) is 11.3 Å². The number of carbonyl (C=O) groups is 1. The van der Waals surface area contributed by atoms with Crippen molar-refractivity contribution in [2.45, 2.75) is 19.5 Å². The SMILES string of the molecule is COc1cccc(-c2c3c(nc4sc(C(=O)NCc5ccc6c(c5)OCO6)c(N)c24)CCN(C)C3)c1OC. The van der Waals surface area contributed by atoms with E-state index < -0.39 is 0 Å². The van der Waals surface area contributed by atoms with Crippen LogP contribution in [0.25, 0.3) is 21.3 Å². The fourth-order valence-corrected chi connectivity index (χ4v) is 6.16. The zero-order chi connectivity index (χ0) is 26.4. The Balaban J connectivity index is 1.44. The summed E-state index contributed by atoms with van der Waals surface area (Å²) in [6, 6.07) is 11.4. The molecule has 38 heavy (non-hydrogen) atoms. The molecule has 2 aliphatic rings. The van der Waals surface area contributed by atoms with Crippen molar-refractivity contribution in [2.24, 2.45) is 0 Å². The van der Waals surface area contributed by atoms with Crippen LogP contribution in [0.3, 0.4) is 0 Å². The Hall–Kier alpha value is -4.02. The molecule has 10 heteroatoms. The summed E-state index contributed by atoms with van der Waals surface area (Å²) in [5.41, 5.74) is 12.0. The molecule has 0 aliphatic carbocycles. The molecule has 0 atom stereocenters. The second-order valence-electron chi connectivity index (χ2n) is 9.34. The molecule has 9 nitrogen and oxygen atoms in total. The van der Waals surface area contributed by atoms with Crippen LogP contribution in [0.15, 0.2) is 36.4 Å². The van der Waals surface area contributed by atoms with E-state index in [4.69, 9.17) is 29.7 Å². The highest BCUT2D eigenvalue weighted by Gasteiger charge is 2.29. The molecule has 2 aromatic heterocycles. The minimum Gasteiger partial charge on any atom is -0.493 e. The molecule has 0 saturated heterocycles. The van der Waals surface area contributed by atoms with Crippen LogP contribution in [0.2, 0.25) is 0 Å². The van der Waals surface area contributed by atoms with Crippen LogP contribution >= 0.6 is 11.3 Å². The number of aromatic nitrogens is 1. The van der Waals surface area contributed by atoms with E-state index in [0.717, 1.165) is 57.7 Å². The number of nitrogens with zero attached hydrogens (tertiary/aromatic N) is 2. The van der Waals surface area contributed by atoms with Crippen LogP contribution in [0.1, 0.15) is 26.5 Å². The molecule has 6 rings (SSSR count). The van der Waals surface area contributed by atoms with Gasteiger partial charge in [0.2, 0.25) is 6.79 Å². The Morgan fingerprint density at radius 1 is 1.18 bits per heavy atom. The number of benzene rings is 2. The van der Waals surface area contributed by atoms with Gasteiger partial charge in [0, 0.05) is 48.3 Å². The van der Waals surface area contributed by atoms with E-state index in [1.807, 2.05) is 36.4 Å². The van der Waals surface area contributed by atoms with Crippen molar-refractivity contribution in [1.29, 1.82) is 0 Å². The number of amides is 1. The van der Waals surface area contributed by atoms with E-state index in [9.17, 15) is 4.79 Å². The van der Waals surface area contributed by atoms with Gasteiger partial charge >= 0.3 is 0 Å². The molecule has 0 bridgehead atoms. The largest absolute Gasteiger partial charge is 0.493 e. The summed E-state index contributed by atoms with van der Waals surface area (Å²) < 4.78 is 22.2. The Morgan fingerprint density at radius 3 is 2.84 bits per heavy atom. The van der Waals surface area contributed by atoms with Gasteiger partial charge in [0.1, 0.15) is 9.71 Å². The average Bonchev–Trinajstić information content (AvgIpc) is 3.54. The maximum absolute atomic E-state index is 13.4. The minimum absolute atomic E-state index is 0.205. The average molecular weight is 533 g/mol. The summed E-state index contributed by atoms with van der Waals surface area (Å²) >= 11 is 1.31. The number of nitrogen functional groups attached to an aromatic ring is 1. The standard InChI is InChI=1S/C28H28N4O5S/c1-32-10-9-18-17(13-32)22(16-5-4-6-20(34-2)25(16)35-3)23-24(29)26(38-28(23)31-18)27(33)30-12-15-7-8-19-21(11-15)37-14-36-19/h4-8,11H,9-10,12-14,29H2,1-3H3,(H,30,33). The van der Waals surface area contributed by atoms with Crippen LogP contribution in [0, 0.1) is 0 Å². The highest BCUT2D eigenvalue weighted by molar-refractivity contribution is 7.21. The molecule has 0 saturated carbocycles. The molecule has 3 N–H and O–H groups in total. The normalized spacial score (nSPS) is 14.4. The lowest BCUT2D eigenvalue weighted by Crippen LogP contribution is -2.28. The molecule has 0 spiro atoms. The van der Waals surface area contributed by atoms with Gasteiger partial charge in [-0.1, -0.05) is 18.2 Å². The molecule has 2 aromatic carbocycles. The number of hydrogen-bond donors (Lipinski definition) is 2. The summed E-state index contributed by atoms with van der Waals surface area (Å²) in [6.45, 7) is 2.16. The molecule has 196 valence electrons. The van der Waals surface area contributed by atoms with Crippen molar-refractivity contribution in [1.82, 2.24) is 15.2 Å². The summed E-state index contributed by atoms with van der Waals surface area (Å²) in [7, 11) is 5.34. The first-order chi connectivity index (χ1) is 18.5. The Morgan fingerprint density at radius 2 is 2.03 bits per heavy atom. The molecule has 4 heterocycles. The van der Waals surface area contributed by atoms with Crippen molar-refractivity contribution in [2.75, 3.05) is 40.3 Å². The second-order valence-corrected chi connectivity index (χ2v) is 10.3. The molecular formula is C28H28N4O5S. The lowest BCUT2D eigenvalue weighted by atomic mass is 9.91. The number of anilines is 1. The van der Waals surface area contributed by atoms with Crippen molar-refractivity contribution >= 4 is 33.1 Å². The third-order valence-electron chi connectivity index (χ3n) is 6.99. The summed E-state index contributed by atoms with van der Waals surface area (Å²) in [5, 5.41) is 3.77. The predicted molar refractivity (Wildman–Crippen MR) is 146 cm³/mol. The van der Waals surface area contributed by atoms with Crippen LogP contribution in [-0.4, -0.2) is 50.4 Å². The third-order valence-corrected chi connectivity index (χ3v) is 8.09. The van der Waals surface area contributed by atoms with Crippen LogP contribution in [0.5, 0.6) is 23.0 Å². The topological polar surface area (TPSA) is 108 Å². The molecule has 0 unspecified atom stereocenters. The zero-order valence-corrected chi connectivity index (χ0v) is 22.2. The van der Waals surface area contributed by atoms with Gasteiger partial charge < -0.3 is 34.9 Å². The molecular weight excluding hydrogens is 504 g/mol. The van der Waals surface area contributed by atoms with E-state index in [1.165, 1.54) is 11.3 Å². The molecule has 0 fully saturated rings. The number of ether oxygens (including phenoxy) is 4. The maximum atomic E-state index is 13.4. The van der Waals surface area contributed by atoms with Crippen LogP contribution < -0.4 is 30.0 Å². The van der Waals surface area contributed by atoms with Gasteiger partial charge in [0.05, 0.1) is 19.9 Å². The summed E-state index contributed by atoms with van der Waals surface area (Å²) in [5.74, 6) is 2.38. The van der Waals surface area contributed by atoms with E-state index in [2.05, 4.69) is 17.3 Å². The molecule has 0 radical (unpaired) electrons. The number of rotatable bonds is 6. The zero-order valence-electron chi connectivity index (χ0n) is 21.4. The number of para-hydroxylation sites is 1. The van der Waals surface area contributed by atoms with E-state index in [0.29, 0.717) is 40.1 Å². The van der Waals surface area contributed by atoms with Crippen molar-refractivity contribution in [3.63, 3.8) is 0 Å². The molecule has 1 amide bonds. The van der Waals surface area contributed by atoms with Gasteiger partial charge in [-0.25, -0.2) is 4.98 Å². The van der Waals surface area contributed by atoms with Crippen molar-refractivity contribution < 1.29 is 23.7 Å². The van der Waals surface area contributed by atoms with Gasteiger partial charge in [-0.3, -0.25) is 4.79 Å². The Labute approximate surface area is 224 Å². The lowest BCUT2D eigenvalue weighted by Gasteiger charge is -2.27. The second kappa shape index (κ2) is 9.70. The highest BCUT2D eigenvalue weighted by atomic mass is 32.1. The fraction of sp³-hybridized carbons (Fsp3) is 0.286. The highest BCUT2D eigenvalue weighted by Crippen LogP contribution is 2.48. The van der Waals surface area contributed by atoms with Crippen LogP contribution in [-0.2, 0) is 19.5 Å². The number of likely N-dealkylation sites (N-methyl/N-ethyl adjacent to an activating group) is 1. The molecule has 4 aromatic rings. The number of methoxy groups -OCH3 is 2. The Kier molecular flexibility index (Phi) is 6.21. The summed E-state index contributed by atoms with van der Waals surface area (Å²) in [4.78, 5) is 21.8. The van der Waals surface area contributed by atoms with Gasteiger partial charge in [-0.2, -0.15) is 0 Å². The fourth-order valence-electron chi connectivity index (χ4n) is 5.12. The maximum Gasteiger partial charge on any atom is 0.263 e. The van der Waals surface area contributed by atoms with Crippen molar-refractivity contribution in [3.05, 3.63) is 58.1 Å². The summed E-state index contributed by atoms with van der Waals surface area (Å²) in [6.07, 6.45) is 0.810.